The number of hydrogen-bond donors (Lipinski definition) is 0. The predicted molar refractivity (Wildman–Crippen MR) is 54.6 cm³/mol. The Morgan fingerprint density at radius 2 is 2.20 bits per heavy atom. The van der Waals surface area contributed by atoms with Crippen molar-refractivity contribution in [1.82, 2.24) is 4.57 Å². The summed E-state index contributed by atoms with van der Waals surface area (Å²) in [5.41, 5.74) is 0.725. The number of fused-ring (bicyclic) bond motifs is 1. The molecule has 0 N–H and O–H groups in total. The predicted octanol–water partition coefficient (Wildman–Crippen LogP) is 2.52. The van der Waals surface area contributed by atoms with Gasteiger partial charge in [0.15, 0.2) is 0 Å². The maximum absolute atomic E-state index is 12.2. The van der Waals surface area contributed by atoms with Gasteiger partial charge >= 0.3 is 0 Å². The van der Waals surface area contributed by atoms with E-state index < -0.39 is 11.6 Å². The van der Waals surface area contributed by atoms with Crippen LogP contribution in [0, 0.1) is 10.1 Å². The first kappa shape index (κ1) is 9.64. The molecule has 0 saturated heterocycles. The van der Waals surface area contributed by atoms with Crippen molar-refractivity contribution in [1.29, 1.82) is 0 Å². The molecule has 78 valence electrons. The lowest BCUT2D eigenvalue weighted by molar-refractivity contribution is -0.384. The third-order valence-corrected chi connectivity index (χ3v) is 2.29. The Labute approximate surface area is 85.1 Å². The number of alkyl halides is 1. The second-order valence-corrected chi connectivity index (χ2v) is 3.20. The molecule has 0 aliphatic rings. The quantitative estimate of drug-likeness (QED) is 0.574. The molecule has 1 aromatic heterocycles. The lowest BCUT2D eigenvalue weighted by atomic mass is 10.2. The van der Waals surface area contributed by atoms with Gasteiger partial charge in [-0.05, 0) is 12.1 Å². The molecule has 0 spiro atoms. The molecule has 0 aliphatic carbocycles. The summed E-state index contributed by atoms with van der Waals surface area (Å²) in [6, 6.07) is 6.39. The summed E-state index contributed by atoms with van der Waals surface area (Å²) < 4.78 is 13.9. The van der Waals surface area contributed by atoms with E-state index >= 15 is 0 Å². The number of nitro benzene ring substituents is 1. The van der Waals surface area contributed by atoms with Crippen LogP contribution in [0.3, 0.4) is 0 Å². The third-order valence-electron chi connectivity index (χ3n) is 2.29. The van der Waals surface area contributed by atoms with Gasteiger partial charge in [-0.3, -0.25) is 10.1 Å². The zero-order valence-electron chi connectivity index (χ0n) is 7.89. The van der Waals surface area contributed by atoms with Crippen molar-refractivity contribution >= 4 is 16.6 Å². The van der Waals surface area contributed by atoms with Gasteiger partial charge in [0.05, 0.1) is 17.0 Å². The summed E-state index contributed by atoms with van der Waals surface area (Å²) in [5.74, 6) is 0. The molecule has 1 heterocycles. The van der Waals surface area contributed by atoms with Crippen molar-refractivity contribution in [2.24, 2.45) is 0 Å². The summed E-state index contributed by atoms with van der Waals surface area (Å²) in [6.45, 7) is -0.253. The Morgan fingerprint density at radius 1 is 1.40 bits per heavy atom. The van der Waals surface area contributed by atoms with Gasteiger partial charge in [-0.1, -0.05) is 0 Å². The number of aromatic nitrogens is 1. The van der Waals surface area contributed by atoms with Crippen molar-refractivity contribution in [3.63, 3.8) is 0 Å². The zero-order chi connectivity index (χ0) is 10.8. The second-order valence-electron chi connectivity index (χ2n) is 3.20. The number of non-ortho nitro benzene ring substituents is 1. The molecule has 0 unspecified atom stereocenters. The zero-order valence-corrected chi connectivity index (χ0v) is 7.89. The van der Waals surface area contributed by atoms with Crippen LogP contribution >= 0.6 is 0 Å². The summed E-state index contributed by atoms with van der Waals surface area (Å²) in [6.07, 6.45) is 1.73. The highest BCUT2D eigenvalue weighted by molar-refractivity contribution is 5.82. The van der Waals surface area contributed by atoms with E-state index in [1.807, 2.05) is 6.07 Å². The average Bonchev–Trinajstić information content (AvgIpc) is 2.61. The Balaban J connectivity index is 2.56. The lowest BCUT2D eigenvalue weighted by Gasteiger charge is -2.00. The smallest absolute Gasteiger partial charge is 0.271 e. The molecule has 0 bridgehead atoms. The van der Waals surface area contributed by atoms with E-state index in [2.05, 4.69) is 0 Å². The SMILES string of the molecule is O=[N+]([O-])c1ccc2ccn(CCF)c2c1. The van der Waals surface area contributed by atoms with E-state index in [4.69, 9.17) is 0 Å². The van der Waals surface area contributed by atoms with Crippen LogP contribution < -0.4 is 0 Å². The van der Waals surface area contributed by atoms with Crippen LogP contribution in [0.2, 0.25) is 0 Å². The summed E-state index contributed by atoms with van der Waals surface area (Å²) in [4.78, 5) is 10.1. The van der Waals surface area contributed by atoms with Crippen molar-refractivity contribution in [3.05, 3.63) is 40.6 Å². The van der Waals surface area contributed by atoms with Crippen molar-refractivity contribution in [3.8, 4) is 0 Å². The second kappa shape index (κ2) is 3.68. The summed E-state index contributed by atoms with van der Waals surface area (Å²) >= 11 is 0. The minimum Gasteiger partial charge on any atom is -0.345 e. The Bertz CT molecular complexity index is 507. The number of nitrogens with zero attached hydrogens (tertiary/aromatic N) is 2. The third kappa shape index (κ3) is 1.68. The van der Waals surface area contributed by atoms with E-state index in [0.717, 1.165) is 5.39 Å². The largest absolute Gasteiger partial charge is 0.345 e. The fourth-order valence-electron chi connectivity index (χ4n) is 1.57. The molecule has 15 heavy (non-hydrogen) atoms. The first-order valence-corrected chi connectivity index (χ1v) is 4.51. The first-order chi connectivity index (χ1) is 7.22. The highest BCUT2D eigenvalue weighted by Crippen LogP contribution is 2.21. The summed E-state index contributed by atoms with van der Waals surface area (Å²) in [7, 11) is 0. The number of benzene rings is 1. The number of halogens is 1. The normalized spacial score (nSPS) is 10.7. The van der Waals surface area contributed by atoms with Crippen molar-refractivity contribution < 1.29 is 9.31 Å². The average molecular weight is 208 g/mol. The van der Waals surface area contributed by atoms with Gasteiger partial charge in [0.25, 0.3) is 5.69 Å². The minimum atomic E-state index is -0.480. The topological polar surface area (TPSA) is 48.1 Å². The van der Waals surface area contributed by atoms with Gasteiger partial charge in [0, 0.05) is 23.7 Å². The van der Waals surface area contributed by atoms with E-state index in [-0.39, 0.29) is 12.2 Å². The standard InChI is InChI=1S/C10H9FN2O2/c11-4-6-12-5-3-8-1-2-9(13(14)15)7-10(8)12/h1-3,5,7H,4,6H2. The van der Waals surface area contributed by atoms with Gasteiger partial charge < -0.3 is 4.57 Å². The highest BCUT2D eigenvalue weighted by atomic mass is 19.1. The molecule has 0 aliphatic heterocycles. The fraction of sp³-hybridized carbons (Fsp3) is 0.200. The maximum atomic E-state index is 12.2. The van der Waals surface area contributed by atoms with Crippen LogP contribution in [0.15, 0.2) is 30.5 Å². The van der Waals surface area contributed by atoms with Crippen LogP contribution in [0.5, 0.6) is 0 Å². The van der Waals surface area contributed by atoms with E-state index in [0.29, 0.717) is 5.52 Å². The van der Waals surface area contributed by atoms with Crippen LogP contribution in [0.4, 0.5) is 10.1 Å². The van der Waals surface area contributed by atoms with Crippen molar-refractivity contribution in [2.45, 2.75) is 6.54 Å². The van der Waals surface area contributed by atoms with E-state index in [1.54, 1.807) is 16.8 Å². The Morgan fingerprint density at radius 3 is 2.87 bits per heavy atom. The molecule has 0 fully saturated rings. The molecule has 0 atom stereocenters. The van der Waals surface area contributed by atoms with Crippen LogP contribution in [-0.2, 0) is 6.54 Å². The summed E-state index contributed by atoms with van der Waals surface area (Å²) in [5, 5.41) is 11.4. The van der Waals surface area contributed by atoms with Crippen molar-refractivity contribution in [2.75, 3.05) is 6.67 Å². The number of hydrogen-bond acceptors (Lipinski definition) is 2. The number of aryl methyl sites for hydroxylation is 1. The van der Waals surface area contributed by atoms with Gasteiger partial charge in [0.2, 0.25) is 0 Å². The Hall–Kier alpha value is -1.91. The molecule has 0 saturated carbocycles. The minimum absolute atomic E-state index is 0.0290. The lowest BCUT2D eigenvalue weighted by Crippen LogP contribution is -1.97. The fourth-order valence-corrected chi connectivity index (χ4v) is 1.57. The van der Waals surface area contributed by atoms with Crippen LogP contribution in [0.25, 0.3) is 10.9 Å². The van der Waals surface area contributed by atoms with E-state index in [1.165, 1.54) is 12.1 Å². The molecule has 2 rings (SSSR count). The van der Waals surface area contributed by atoms with Gasteiger partial charge in [-0.25, -0.2) is 4.39 Å². The molecular formula is C10H9FN2O2. The number of rotatable bonds is 3. The number of nitro groups is 1. The highest BCUT2D eigenvalue weighted by Gasteiger charge is 2.08. The van der Waals surface area contributed by atoms with E-state index in [9.17, 15) is 14.5 Å². The van der Waals surface area contributed by atoms with Gasteiger partial charge in [-0.2, -0.15) is 0 Å². The van der Waals surface area contributed by atoms with Crippen LogP contribution in [-0.4, -0.2) is 16.2 Å². The molecule has 1 aromatic carbocycles. The van der Waals surface area contributed by atoms with Gasteiger partial charge in [0.1, 0.15) is 6.67 Å². The van der Waals surface area contributed by atoms with Crippen LogP contribution in [0.1, 0.15) is 0 Å². The molecule has 4 nitrogen and oxygen atoms in total. The first-order valence-electron chi connectivity index (χ1n) is 4.51. The monoisotopic (exact) mass is 208 g/mol. The Kier molecular flexibility index (Phi) is 2.37. The molecule has 0 radical (unpaired) electrons. The molecular weight excluding hydrogens is 199 g/mol. The maximum Gasteiger partial charge on any atom is 0.271 e. The molecule has 0 amide bonds. The van der Waals surface area contributed by atoms with Gasteiger partial charge in [-0.15, -0.1) is 0 Å². The molecule has 2 aromatic rings. The molecule has 5 heteroatoms.